The Balaban J connectivity index is 1.95. The molecule has 1 heterocycles. The van der Waals surface area contributed by atoms with E-state index in [0.29, 0.717) is 0 Å². The average molecular weight is 268 g/mol. The lowest BCUT2D eigenvalue weighted by molar-refractivity contribution is 0.0735. The molecule has 4 heteroatoms. The van der Waals surface area contributed by atoms with E-state index >= 15 is 0 Å². The van der Waals surface area contributed by atoms with Crippen LogP contribution in [0.4, 0.5) is 4.79 Å². The SMILES string of the molecule is NC(=O)N1CCCCC1C(CO)CC1CCCCC1. The molecule has 0 aromatic carbocycles. The normalized spacial score (nSPS) is 27.2. The Morgan fingerprint density at radius 2 is 1.84 bits per heavy atom. The number of piperidine rings is 1. The van der Waals surface area contributed by atoms with Crippen molar-refractivity contribution in [3.05, 3.63) is 0 Å². The highest BCUT2D eigenvalue weighted by Gasteiger charge is 2.33. The summed E-state index contributed by atoms with van der Waals surface area (Å²) in [6.07, 6.45) is 10.8. The van der Waals surface area contributed by atoms with Gasteiger partial charge >= 0.3 is 6.03 Å². The van der Waals surface area contributed by atoms with E-state index in [4.69, 9.17) is 5.73 Å². The van der Waals surface area contributed by atoms with Crippen molar-refractivity contribution >= 4 is 6.03 Å². The number of carbonyl (C=O) groups excluding carboxylic acids is 1. The largest absolute Gasteiger partial charge is 0.396 e. The van der Waals surface area contributed by atoms with E-state index in [1.807, 2.05) is 0 Å². The van der Waals surface area contributed by atoms with Crippen LogP contribution in [0.2, 0.25) is 0 Å². The van der Waals surface area contributed by atoms with Crippen molar-refractivity contribution in [1.29, 1.82) is 0 Å². The maximum atomic E-state index is 11.5. The number of aliphatic hydroxyl groups excluding tert-OH is 1. The third kappa shape index (κ3) is 3.85. The molecule has 2 fully saturated rings. The van der Waals surface area contributed by atoms with Gasteiger partial charge in [0, 0.05) is 25.1 Å². The van der Waals surface area contributed by atoms with Crippen molar-refractivity contribution in [1.82, 2.24) is 4.90 Å². The molecule has 2 aliphatic rings. The topological polar surface area (TPSA) is 66.6 Å². The Bertz CT molecular complexity index is 290. The van der Waals surface area contributed by atoms with Crippen molar-refractivity contribution in [2.75, 3.05) is 13.2 Å². The van der Waals surface area contributed by atoms with E-state index in [1.165, 1.54) is 32.1 Å². The highest BCUT2D eigenvalue weighted by molar-refractivity contribution is 5.72. The fourth-order valence-electron chi connectivity index (χ4n) is 3.93. The molecule has 1 saturated heterocycles. The number of hydrogen-bond acceptors (Lipinski definition) is 2. The summed E-state index contributed by atoms with van der Waals surface area (Å²) in [7, 11) is 0. The fourth-order valence-corrected chi connectivity index (χ4v) is 3.93. The summed E-state index contributed by atoms with van der Waals surface area (Å²) in [6.45, 7) is 0.951. The highest BCUT2D eigenvalue weighted by atomic mass is 16.3. The summed E-state index contributed by atoms with van der Waals surface area (Å²) >= 11 is 0. The number of aliphatic hydroxyl groups is 1. The number of carbonyl (C=O) groups is 1. The van der Waals surface area contributed by atoms with Crippen LogP contribution in [-0.4, -0.2) is 35.2 Å². The van der Waals surface area contributed by atoms with Crippen molar-refractivity contribution in [3.63, 3.8) is 0 Å². The monoisotopic (exact) mass is 268 g/mol. The van der Waals surface area contributed by atoms with E-state index < -0.39 is 0 Å². The molecular formula is C15H28N2O2. The molecule has 0 spiro atoms. The zero-order valence-corrected chi connectivity index (χ0v) is 11.9. The summed E-state index contributed by atoms with van der Waals surface area (Å²) in [6, 6.07) is -0.148. The van der Waals surface area contributed by atoms with Gasteiger partial charge in [-0.3, -0.25) is 0 Å². The standard InChI is InChI=1S/C15H28N2O2/c16-15(19)17-9-5-4-8-14(17)13(11-18)10-12-6-2-1-3-7-12/h12-14,18H,1-11H2,(H2,16,19). The van der Waals surface area contributed by atoms with Crippen LogP contribution in [0.1, 0.15) is 57.8 Å². The molecular weight excluding hydrogens is 240 g/mol. The lowest BCUT2D eigenvalue weighted by Crippen LogP contribution is -2.51. The Morgan fingerprint density at radius 1 is 1.16 bits per heavy atom. The van der Waals surface area contributed by atoms with E-state index in [0.717, 1.165) is 38.1 Å². The van der Waals surface area contributed by atoms with E-state index in [9.17, 15) is 9.90 Å². The number of nitrogens with two attached hydrogens (primary N) is 1. The minimum Gasteiger partial charge on any atom is -0.396 e. The third-order valence-electron chi connectivity index (χ3n) is 4.97. The first-order chi connectivity index (χ1) is 9.22. The first-order valence-electron chi connectivity index (χ1n) is 7.89. The van der Waals surface area contributed by atoms with Crippen LogP contribution in [0.5, 0.6) is 0 Å². The second-order valence-electron chi connectivity index (χ2n) is 6.28. The Morgan fingerprint density at radius 3 is 2.47 bits per heavy atom. The van der Waals surface area contributed by atoms with Gasteiger partial charge in [0.15, 0.2) is 0 Å². The van der Waals surface area contributed by atoms with Crippen LogP contribution < -0.4 is 5.73 Å². The number of likely N-dealkylation sites (tertiary alicyclic amines) is 1. The van der Waals surface area contributed by atoms with Gasteiger partial charge in [-0.15, -0.1) is 0 Å². The number of amides is 2. The molecule has 0 radical (unpaired) electrons. The van der Waals surface area contributed by atoms with E-state index in [-0.39, 0.29) is 24.6 Å². The zero-order chi connectivity index (χ0) is 13.7. The van der Waals surface area contributed by atoms with Crippen molar-refractivity contribution in [3.8, 4) is 0 Å². The molecule has 4 nitrogen and oxygen atoms in total. The Labute approximate surface area is 116 Å². The minimum absolute atomic E-state index is 0.165. The lowest BCUT2D eigenvalue weighted by Gasteiger charge is -2.40. The molecule has 0 aromatic heterocycles. The van der Waals surface area contributed by atoms with E-state index in [1.54, 1.807) is 4.90 Å². The van der Waals surface area contributed by atoms with Crippen LogP contribution in [0.15, 0.2) is 0 Å². The number of nitrogens with zero attached hydrogens (tertiary/aromatic N) is 1. The van der Waals surface area contributed by atoms with Crippen LogP contribution in [0.25, 0.3) is 0 Å². The Hall–Kier alpha value is -0.770. The summed E-state index contributed by atoms with van der Waals surface area (Å²) in [4.78, 5) is 13.3. The van der Waals surface area contributed by atoms with Crippen LogP contribution >= 0.6 is 0 Å². The molecule has 110 valence electrons. The number of urea groups is 1. The molecule has 0 bridgehead atoms. The molecule has 19 heavy (non-hydrogen) atoms. The number of rotatable bonds is 4. The maximum Gasteiger partial charge on any atom is 0.315 e. The number of hydrogen-bond donors (Lipinski definition) is 2. The number of primary amides is 1. The van der Waals surface area contributed by atoms with Gasteiger partial charge in [-0.1, -0.05) is 32.1 Å². The minimum atomic E-state index is -0.313. The molecule has 0 aromatic rings. The molecule has 2 amide bonds. The molecule has 2 rings (SSSR count). The van der Waals surface area contributed by atoms with Crippen molar-refractivity contribution < 1.29 is 9.90 Å². The summed E-state index contributed by atoms with van der Waals surface area (Å²) in [5, 5.41) is 9.73. The molecule has 2 atom stereocenters. The Kier molecular flexibility index (Phi) is 5.49. The predicted octanol–water partition coefficient (Wildman–Crippen LogP) is 2.50. The predicted molar refractivity (Wildman–Crippen MR) is 75.7 cm³/mol. The van der Waals surface area contributed by atoms with Crippen LogP contribution in [0, 0.1) is 11.8 Å². The first kappa shape index (κ1) is 14.6. The van der Waals surface area contributed by atoms with Gasteiger partial charge in [0.05, 0.1) is 0 Å². The molecule has 1 saturated carbocycles. The van der Waals surface area contributed by atoms with Crippen LogP contribution in [-0.2, 0) is 0 Å². The van der Waals surface area contributed by atoms with Gasteiger partial charge in [-0.2, -0.15) is 0 Å². The van der Waals surface area contributed by atoms with E-state index in [2.05, 4.69) is 0 Å². The first-order valence-corrected chi connectivity index (χ1v) is 7.89. The smallest absolute Gasteiger partial charge is 0.315 e. The van der Waals surface area contributed by atoms with Crippen LogP contribution in [0.3, 0.4) is 0 Å². The molecule has 3 N–H and O–H groups in total. The van der Waals surface area contributed by atoms with Crippen molar-refractivity contribution in [2.45, 2.75) is 63.8 Å². The second kappa shape index (κ2) is 7.13. The molecule has 2 unspecified atom stereocenters. The zero-order valence-electron chi connectivity index (χ0n) is 11.9. The van der Waals surface area contributed by atoms with Crippen molar-refractivity contribution in [2.24, 2.45) is 17.6 Å². The van der Waals surface area contributed by atoms with Gasteiger partial charge in [0.2, 0.25) is 0 Å². The van der Waals surface area contributed by atoms with Gasteiger partial charge in [0.25, 0.3) is 0 Å². The summed E-state index contributed by atoms with van der Waals surface area (Å²) in [5.41, 5.74) is 5.49. The van der Waals surface area contributed by atoms with Gasteiger partial charge < -0.3 is 15.7 Å². The van der Waals surface area contributed by atoms with Gasteiger partial charge in [-0.05, 0) is 31.6 Å². The summed E-state index contributed by atoms with van der Waals surface area (Å²) in [5.74, 6) is 0.957. The molecule has 1 aliphatic heterocycles. The average Bonchev–Trinajstić information content (AvgIpc) is 2.46. The lowest BCUT2D eigenvalue weighted by atomic mass is 9.79. The molecule has 1 aliphatic carbocycles. The summed E-state index contributed by atoms with van der Waals surface area (Å²) < 4.78 is 0. The third-order valence-corrected chi connectivity index (χ3v) is 4.97. The quantitative estimate of drug-likeness (QED) is 0.822. The second-order valence-corrected chi connectivity index (χ2v) is 6.28. The maximum absolute atomic E-state index is 11.5. The van der Waals surface area contributed by atoms with Gasteiger partial charge in [-0.25, -0.2) is 4.79 Å². The highest BCUT2D eigenvalue weighted by Crippen LogP contribution is 2.33. The fraction of sp³-hybridized carbons (Fsp3) is 0.933. The van der Waals surface area contributed by atoms with Gasteiger partial charge in [0.1, 0.15) is 0 Å².